The lowest BCUT2D eigenvalue weighted by molar-refractivity contribution is -0.116. The number of aryl methyl sites for hydroxylation is 1. The third-order valence-electron chi connectivity index (χ3n) is 3.11. The number of nitrogens with one attached hydrogen (secondary N) is 1. The Morgan fingerprint density at radius 1 is 1.09 bits per heavy atom. The van der Waals surface area contributed by atoms with Crippen molar-refractivity contribution in [2.24, 2.45) is 0 Å². The minimum Gasteiger partial charge on any atom is -0.323 e. The summed E-state index contributed by atoms with van der Waals surface area (Å²) in [6.07, 6.45) is 7.69. The Kier molecular flexibility index (Phi) is 4.20. The first-order valence-electron chi connectivity index (χ1n) is 6.97. The molecular formula is C16H15N5O. The summed E-state index contributed by atoms with van der Waals surface area (Å²) in [6.45, 7) is 0. The quantitative estimate of drug-likeness (QED) is 0.783. The maximum atomic E-state index is 11.9. The molecule has 3 aromatic rings. The van der Waals surface area contributed by atoms with Gasteiger partial charge in [-0.3, -0.25) is 4.79 Å². The van der Waals surface area contributed by atoms with E-state index in [1.807, 2.05) is 30.3 Å². The normalized spacial score (nSPS) is 10.4. The number of hydrogen-bond donors (Lipinski definition) is 1. The summed E-state index contributed by atoms with van der Waals surface area (Å²) in [7, 11) is 0. The van der Waals surface area contributed by atoms with Crippen LogP contribution in [0.25, 0.3) is 5.95 Å². The maximum Gasteiger partial charge on any atom is 0.250 e. The fourth-order valence-electron chi connectivity index (χ4n) is 2.02. The zero-order valence-corrected chi connectivity index (χ0v) is 11.9. The van der Waals surface area contributed by atoms with Gasteiger partial charge < -0.3 is 5.32 Å². The summed E-state index contributed by atoms with van der Waals surface area (Å²) < 4.78 is 1.56. The Labute approximate surface area is 127 Å². The first-order valence-corrected chi connectivity index (χ1v) is 6.97. The lowest BCUT2D eigenvalue weighted by atomic mass is 10.1. The fraction of sp³-hybridized carbons (Fsp3) is 0.125. The molecule has 1 N–H and O–H groups in total. The number of anilines is 1. The van der Waals surface area contributed by atoms with Crippen molar-refractivity contribution in [1.29, 1.82) is 0 Å². The van der Waals surface area contributed by atoms with E-state index >= 15 is 0 Å². The smallest absolute Gasteiger partial charge is 0.250 e. The van der Waals surface area contributed by atoms with Crippen LogP contribution in [0.15, 0.2) is 61.2 Å². The van der Waals surface area contributed by atoms with E-state index in [-0.39, 0.29) is 5.91 Å². The first kappa shape index (κ1) is 13.9. The van der Waals surface area contributed by atoms with E-state index in [2.05, 4.69) is 20.4 Å². The van der Waals surface area contributed by atoms with Gasteiger partial charge in [0.05, 0.1) is 18.1 Å². The molecule has 0 aliphatic heterocycles. The van der Waals surface area contributed by atoms with Gasteiger partial charge in [0.2, 0.25) is 5.91 Å². The van der Waals surface area contributed by atoms with Gasteiger partial charge in [-0.05, 0) is 18.1 Å². The Balaban J connectivity index is 1.55. The summed E-state index contributed by atoms with van der Waals surface area (Å²) in [4.78, 5) is 20.2. The molecule has 0 saturated carbocycles. The van der Waals surface area contributed by atoms with E-state index in [1.54, 1.807) is 35.5 Å². The molecule has 1 amide bonds. The van der Waals surface area contributed by atoms with E-state index in [0.717, 1.165) is 5.56 Å². The predicted octanol–water partition coefficient (Wildman–Crippen LogP) is 2.23. The predicted molar refractivity (Wildman–Crippen MR) is 82.5 cm³/mol. The van der Waals surface area contributed by atoms with Crippen LogP contribution in [0, 0.1) is 0 Å². The van der Waals surface area contributed by atoms with Gasteiger partial charge in [-0.25, -0.2) is 14.6 Å². The Bertz CT molecular complexity index is 723. The molecule has 0 unspecified atom stereocenters. The number of carbonyl (C=O) groups excluding carboxylic acids is 1. The van der Waals surface area contributed by atoms with Gasteiger partial charge in [-0.2, -0.15) is 5.10 Å². The zero-order chi connectivity index (χ0) is 15.2. The second kappa shape index (κ2) is 6.62. The van der Waals surface area contributed by atoms with Crippen LogP contribution in [0.4, 0.5) is 5.69 Å². The topological polar surface area (TPSA) is 72.7 Å². The van der Waals surface area contributed by atoms with Crippen LogP contribution >= 0.6 is 0 Å². The van der Waals surface area contributed by atoms with Crippen LogP contribution in [0.1, 0.15) is 12.0 Å². The lowest BCUT2D eigenvalue weighted by Gasteiger charge is -2.05. The van der Waals surface area contributed by atoms with E-state index in [0.29, 0.717) is 24.5 Å². The largest absolute Gasteiger partial charge is 0.323 e. The molecule has 0 aliphatic rings. The molecule has 0 spiro atoms. The molecule has 3 rings (SSSR count). The average molecular weight is 293 g/mol. The minimum absolute atomic E-state index is 0.0562. The third-order valence-corrected chi connectivity index (χ3v) is 3.11. The van der Waals surface area contributed by atoms with Gasteiger partial charge in [-0.15, -0.1) is 0 Å². The van der Waals surface area contributed by atoms with Gasteiger partial charge in [0, 0.05) is 18.8 Å². The van der Waals surface area contributed by atoms with Crippen molar-refractivity contribution in [2.45, 2.75) is 12.8 Å². The number of aromatic nitrogens is 4. The first-order chi connectivity index (χ1) is 10.8. The SMILES string of the molecule is O=C(CCc1ccccc1)Nc1cnc(-n2cccn2)nc1. The molecular weight excluding hydrogens is 278 g/mol. The molecule has 1 aromatic carbocycles. The van der Waals surface area contributed by atoms with Crippen molar-refractivity contribution in [3.05, 3.63) is 66.7 Å². The summed E-state index contributed by atoms with van der Waals surface area (Å²) >= 11 is 0. The van der Waals surface area contributed by atoms with Crippen LogP contribution in [-0.4, -0.2) is 25.7 Å². The average Bonchev–Trinajstić information content (AvgIpc) is 3.09. The number of benzene rings is 1. The number of amides is 1. The van der Waals surface area contributed by atoms with Crippen molar-refractivity contribution < 1.29 is 4.79 Å². The van der Waals surface area contributed by atoms with Gasteiger partial charge in [-0.1, -0.05) is 30.3 Å². The molecule has 110 valence electrons. The van der Waals surface area contributed by atoms with Crippen molar-refractivity contribution in [1.82, 2.24) is 19.7 Å². The Hall–Kier alpha value is -3.02. The highest BCUT2D eigenvalue weighted by Gasteiger charge is 2.05. The molecule has 0 atom stereocenters. The molecule has 0 aliphatic carbocycles. The van der Waals surface area contributed by atoms with Crippen molar-refractivity contribution in [3.63, 3.8) is 0 Å². The molecule has 0 fully saturated rings. The van der Waals surface area contributed by atoms with Crippen LogP contribution in [0.5, 0.6) is 0 Å². The molecule has 0 radical (unpaired) electrons. The molecule has 22 heavy (non-hydrogen) atoms. The molecule has 6 nitrogen and oxygen atoms in total. The molecule has 2 aromatic heterocycles. The van der Waals surface area contributed by atoms with Gasteiger partial charge in [0.15, 0.2) is 0 Å². The van der Waals surface area contributed by atoms with Crippen LogP contribution < -0.4 is 5.32 Å². The van der Waals surface area contributed by atoms with E-state index < -0.39 is 0 Å². The molecule has 2 heterocycles. The van der Waals surface area contributed by atoms with Gasteiger partial charge in [0.1, 0.15) is 0 Å². The van der Waals surface area contributed by atoms with Crippen LogP contribution in [0.3, 0.4) is 0 Å². The van der Waals surface area contributed by atoms with Gasteiger partial charge in [0.25, 0.3) is 5.95 Å². The Morgan fingerprint density at radius 3 is 2.55 bits per heavy atom. The Morgan fingerprint density at radius 2 is 1.86 bits per heavy atom. The molecule has 6 heteroatoms. The van der Waals surface area contributed by atoms with Gasteiger partial charge >= 0.3 is 0 Å². The van der Waals surface area contributed by atoms with E-state index in [4.69, 9.17) is 0 Å². The van der Waals surface area contributed by atoms with Crippen LogP contribution in [0.2, 0.25) is 0 Å². The highest BCUT2D eigenvalue weighted by Crippen LogP contribution is 2.08. The maximum absolute atomic E-state index is 11.9. The summed E-state index contributed by atoms with van der Waals surface area (Å²) in [5.41, 5.74) is 1.72. The fourth-order valence-corrected chi connectivity index (χ4v) is 2.02. The lowest BCUT2D eigenvalue weighted by Crippen LogP contribution is -2.13. The van der Waals surface area contributed by atoms with Crippen molar-refractivity contribution in [3.8, 4) is 5.95 Å². The minimum atomic E-state index is -0.0562. The standard InChI is InChI=1S/C16H15N5O/c22-15(8-7-13-5-2-1-3-6-13)20-14-11-17-16(18-12-14)21-10-4-9-19-21/h1-6,9-12H,7-8H2,(H,20,22). The highest BCUT2D eigenvalue weighted by molar-refractivity contribution is 5.90. The van der Waals surface area contributed by atoms with E-state index in [1.165, 1.54) is 0 Å². The highest BCUT2D eigenvalue weighted by atomic mass is 16.1. The van der Waals surface area contributed by atoms with Crippen molar-refractivity contribution >= 4 is 11.6 Å². The summed E-state index contributed by atoms with van der Waals surface area (Å²) in [6, 6.07) is 11.7. The summed E-state index contributed by atoms with van der Waals surface area (Å²) in [5, 5.41) is 6.84. The third kappa shape index (κ3) is 3.54. The molecule has 0 bridgehead atoms. The number of nitrogens with zero attached hydrogens (tertiary/aromatic N) is 4. The number of rotatable bonds is 5. The van der Waals surface area contributed by atoms with Crippen molar-refractivity contribution in [2.75, 3.05) is 5.32 Å². The summed E-state index contributed by atoms with van der Waals surface area (Å²) in [5.74, 6) is 0.409. The molecule has 0 saturated heterocycles. The number of hydrogen-bond acceptors (Lipinski definition) is 4. The van der Waals surface area contributed by atoms with Crippen LogP contribution in [-0.2, 0) is 11.2 Å². The number of carbonyl (C=O) groups is 1. The van der Waals surface area contributed by atoms with E-state index in [9.17, 15) is 4.79 Å². The second-order valence-electron chi connectivity index (χ2n) is 4.76. The monoisotopic (exact) mass is 293 g/mol. The second-order valence-corrected chi connectivity index (χ2v) is 4.76. The zero-order valence-electron chi connectivity index (χ0n) is 11.9.